The van der Waals surface area contributed by atoms with Crippen LogP contribution in [-0.2, 0) is 21.4 Å². The molecule has 2 unspecified atom stereocenters. The SMILES string of the molecule is Cn1c(=O)n(C2CCC(=O)NC2=O)c2ccc(C3CN(C4CCN(C5CCC(n6cc(NC(=O)c7cnn8ccc(N9C[C@H]%10C[C@@H]9CO%10)nc78)c(C(F)F)n6)CC5)CC4(F)F)C3)c(F)c21. The third-order valence-corrected chi connectivity index (χ3v) is 14.7. The first-order chi connectivity index (χ1) is 31.2. The lowest BCUT2D eigenvalue weighted by molar-refractivity contribution is -0.151. The third-order valence-electron chi connectivity index (χ3n) is 14.7. The molecule has 1 aliphatic carbocycles. The summed E-state index contributed by atoms with van der Waals surface area (Å²) in [6.45, 7) is 1.73. The second-order valence-electron chi connectivity index (χ2n) is 18.4. The lowest BCUT2D eigenvalue weighted by atomic mass is 9.84. The van der Waals surface area contributed by atoms with Crippen molar-refractivity contribution >= 4 is 45.9 Å². The van der Waals surface area contributed by atoms with Gasteiger partial charge in [0.2, 0.25) is 11.8 Å². The van der Waals surface area contributed by atoms with E-state index in [4.69, 9.17) is 9.72 Å². The number of likely N-dealkylation sites (tertiary alicyclic amines) is 2. The van der Waals surface area contributed by atoms with Crippen molar-refractivity contribution < 1.29 is 41.1 Å². The highest BCUT2D eigenvalue weighted by Crippen LogP contribution is 2.42. The van der Waals surface area contributed by atoms with Gasteiger partial charge in [0.05, 0.1) is 54.8 Å². The summed E-state index contributed by atoms with van der Waals surface area (Å²) in [5.41, 5.74) is -0.310. The van der Waals surface area contributed by atoms with Gasteiger partial charge in [-0.2, -0.15) is 10.2 Å². The van der Waals surface area contributed by atoms with Crippen LogP contribution in [0.15, 0.2) is 41.6 Å². The Labute approximate surface area is 367 Å². The summed E-state index contributed by atoms with van der Waals surface area (Å²) in [5, 5.41) is 13.3. The minimum atomic E-state index is -3.05. The highest BCUT2D eigenvalue weighted by molar-refractivity contribution is 6.08. The number of carbonyl (C=O) groups is 3. The van der Waals surface area contributed by atoms with Crippen LogP contribution in [0, 0.1) is 5.82 Å². The Hall–Kier alpha value is -5.74. The monoisotopic (exact) mass is 906 g/mol. The number of hydrogen-bond donors (Lipinski definition) is 2. The molecule has 0 radical (unpaired) electrons. The number of piperidine rings is 2. The molecule has 11 rings (SSSR count). The van der Waals surface area contributed by atoms with Gasteiger partial charge in [0.15, 0.2) is 17.2 Å². The van der Waals surface area contributed by atoms with Crippen molar-refractivity contribution in [1.82, 2.24) is 48.6 Å². The molecule has 5 saturated heterocycles. The average Bonchev–Trinajstić information content (AvgIpc) is 4.11. The Bertz CT molecular complexity index is 2790. The zero-order chi connectivity index (χ0) is 45.1. The van der Waals surface area contributed by atoms with Gasteiger partial charge in [-0.3, -0.25) is 43.3 Å². The molecule has 22 heteroatoms. The smallest absolute Gasteiger partial charge is 0.329 e. The Morgan fingerprint density at radius 2 is 1.77 bits per heavy atom. The fourth-order valence-electron chi connectivity index (χ4n) is 11.3. The zero-order valence-electron chi connectivity index (χ0n) is 35.4. The molecule has 3 amide bonds. The van der Waals surface area contributed by atoms with Gasteiger partial charge < -0.3 is 15.0 Å². The van der Waals surface area contributed by atoms with Crippen LogP contribution in [0.3, 0.4) is 0 Å². The number of aromatic nitrogens is 7. The Morgan fingerprint density at radius 1 is 0.985 bits per heavy atom. The molecular weight excluding hydrogens is 860 g/mol. The number of alkyl halides is 4. The maximum atomic E-state index is 16.1. The number of anilines is 2. The summed E-state index contributed by atoms with van der Waals surface area (Å²) < 4.78 is 87.8. The summed E-state index contributed by atoms with van der Waals surface area (Å²) in [7, 11) is 1.42. The van der Waals surface area contributed by atoms with E-state index in [1.165, 1.54) is 33.2 Å². The van der Waals surface area contributed by atoms with E-state index in [-0.39, 0.29) is 90.4 Å². The van der Waals surface area contributed by atoms with Crippen LogP contribution in [-0.4, -0.2) is 131 Å². The van der Waals surface area contributed by atoms with Gasteiger partial charge in [0, 0.05) is 64.0 Å². The van der Waals surface area contributed by atoms with Crippen LogP contribution in [0.2, 0.25) is 0 Å². The van der Waals surface area contributed by atoms with Crippen molar-refractivity contribution in [3.8, 4) is 0 Å². The first-order valence-electron chi connectivity index (χ1n) is 22.2. The molecular formula is C43H47F5N12O5. The number of amides is 3. The maximum absolute atomic E-state index is 16.1. The van der Waals surface area contributed by atoms with Crippen LogP contribution >= 0.6 is 0 Å². The van der Waals surface area contributed by atoms with E-state index >= 15 is 13.2 Å². The number of benzene rings is 1. The van der Waals surface area contributed by atoms with E-state index in [9.17, 15) is 28.0 Å². The Kier molecular flexibility index (Phi) is 10.1. The molecule has 1 aromatic carbocycles. The number of imidazole rings is 1. The molecule has 5 aromatic rings. The summed E-state index contributed by atoms with van der Waals surface area (Å²) >= 11 is 0. The first kappa shape index (κ1) is 41.9. The van der Waals surface area contributed by atoms with Gasteiger partial charge in [-0.05, 0) is 62.6 Å². The van der Waals surface area contributed by atoms with Crippen molar-refractivity contribution in [2.75, 3.05) is 49.5 Å². The standard InChI is InChI=1S/C43H47F5N12O5/c1-54-37-30(60(42(54)64)31-8-9-34(61)52-41(31)63)7-6-27(35(37)44)22-16-56(17-22)32-10-12-55(21-43(32,47)48)23-2-4-24(5-3-23)59-19-29(36(53-59)38(45)46)50-40(62)28-15-49-58-13-11-33(51-39(28)58)57-18-26-14-25(57)20-65-26/h6-7,11,13,15,19,22-26,31-32,38H,2-5,8-10,12,14,16-18,20-21H2,1H3,(H,50,62)(H,52,61,63)/t23?,24?,25-,26-,31?,32?/m1/s1. The van der Waals surface area contributed by atoms with Gasteiger partial charge in [0.1, 0.15) is 22.9 Å². The van der Waals surface area contributed by atoms with Crippen LogP contribution in [0.5, 0.6) is 0 Å². The molecule has 5 aliphatic heterocycles. The number of nitrogens with one attached hydrogen (secondary N) is 2. The normalized spacial score (nSPS) is 27.6. The van der Waals surface area contributed by atoms with Crippen molar-refractivity contribution in [1.29, 1.82) is 0 Å². The van der Waals surface area contributed by atoms with Crippen molar-refractivity contribution in [2.24, 2.45) is 7.05 Å². The number of morpholine rings is 1. The van der Waals surface area contributed by atoms with Gasteiger partial charge in [-0.25, -0.2) is 36.2 Å². The fourth-order valence-corrected chi connectivity index (χ4v) is 11.3. The summed E-state index contributed by atoms with van der Waals surface area (Å²) in [5.74, 6) is -5.08. The summed E-state index contributed by atoms with van der Waals surface area (Å²) in [6.07, 6.45) is 5.07. The molecule has 4 atom stereocenters. The lowest BCUT2D eigenvalue weighted by Gasteiger charge is -2.51. The fraction of sp³-hybridized carbons (Fsp3) is 0.558. The second kappa shape index (κ2) is 15.7. The molecule has 2 bridgehead atoms. The Morgan fingerprint density at radius 3 is 2.48 bits per heavy atom. The topological polar surface area (TPSA) is 169 Å². The van der Waals surface area contributed by atoms with E-state index in [0.717, 1.165) is 11.0 Å². The van der Waals surface area contributed by atoms with Crippen LogP contribution in [0.1, 0.15) is 97.4 Å². The summed E-state index contributed by atoms with van der Waals surface area (Å²) in [6, 6.07) is 2.75. The number of hydrogen-bond acceptors (Lipinski definition) is 11. The molecule has 2 N–H and O–H groups in total. The number of imide groups is 1. The highest BCUT2D eigenvalue weighted by atomic mass is 19.3. The molecule has 344 valence electrons. The van der Waals surface area contributed by atoms with E-state index in [1.807, 2.05) is 11.0 Å². The van der Waals surface area contributed by atoms with Crippen molar-refractivity contribution in [3.05, 3.63) is 69.9 Å². The van der Waals surface area contributed by atoms with Crippen molar-refractivity contribution in [3.63, 3.8) is 0 Å². The van der Waals surface area contributed by atoms with E-state index < -0.39 is 65.9 Å². The zero-order valence-corrected chi connectivity index (χ0v) is 35.4. The predicted octanol–water partition coefficient (Wildman–Crippen LogP) is 4.16. The molecule has 9 heterocycles. The minimum Gasteiger partial charge on any atom is -0.374 e. The molecule has 0 spiro atoms. The number of ether oxygens (including phenoxy) is 1. The molecule has 1 saturated carbocycles. The first-order valence-corrected chi connectivity index (χ1v) is 22.2. The van der Waals surface area contributed by atoms with Gasteiger partial charge in [-0.15, -0.1) is 0 Å². The molecule has 6 aliphatic rings. The third kappa shape index (κ3) is 7.09. The Balaban J connectivity index is 0.707. The molecule has 6 fully saturated rings. The predicted molar refractivity (Wildman–Crippen MR) is 223 cm³/mol. The molecule has 17 nitrogen and oxygen atoms in total. The van der Waals surface area contributed by atoms with E-state index in [1.54, 1.807) is 23.2 Å². The van der Waals surface area contributed by atoms with Gasteiger partial charge in [-0.1, -0.05) is 6.07 Å². The molecule has 65 heavy (non-hydrogen) atoms. The number of carbonyl (C=O) groups excluding carboxylic acids is 3. The maximum Gasteiger partial charge on any atom is 0.329 e. The average molecular weight is 907 g/mol. The lowest BCUT2D eigenvalue weighted by Crippen LogP contribution is -2.64. The van der Waals surface area contributed by atoms with Gasteiger partial charge >= 0.3 is 5.69 Å². The quantitative estimate of drug-likeness (QED) is 0.161. The van der Waals surface area contributed by atoms with Crippen molar-refractivity contribution in [2.45, 2.75) is 106 Å². The summed E-state index contributed by atoms with van der Waals surface area (Å²) in [4.78, 5) is 61.4. The largest absolute Gasteiger partial charge is 0.374 e. The van der Waals surface area contributed by atoms with E-state index in [2.05, 4.69) is 25.7 Å². The number of aryl methyl sites for hydroxylation is 1. The van der Waals surface area contributed by atoms with Gasteiger partial charge in [0.25, 0.3) is 18.3 Å². The van der Waals surface area contributed by atoms with E-state index in [0.29, 0.717) is 56.8 Å². The minimum absolute atomic E-state index is 0.0184. The number of halogens is 5. The highest BCUT2D eigenvalue weighted by Gasteiger charge is 2.52. The van der Waals surface area contributed by atoms with Crippen LogP contribution < -0.4 is 21.2 Å². The second-order valence-corrected chi connectivity index (χ2v) is 18.4. The van der Waals surface area contributed by atoms with Crippen LogP contribution in [0.25, 0.3) is 16.7 Å². The number of nitrogens with zero attached hydrogens (tertiary/aromatic N) is 10. The van der Waals surface area contributed by atoms with Crippen LogP contribution in [0.4, 0.5) is 33.5 Å². The number of fused-ring (bicyclic) bond motifs is 4. The molecule has 4 aromatic heterocycles. The number of rotatable bonds is 9.